The molecule has 3 aromatic carbocycles. The minimum Gasteiger partial charge on any atom is -0.493 e. The fraction of sp³-hybridized carbons (Fsp3) is 0.0833. The van der Waals surface area contributed by atoms with Gasteiger partial charge in [0.05, 0.1) is 16.2 Å². The van der Waals surface area contributed by atoms with Crippen LogP contribution in [0.4, 0.5) is 4.39 Å². The number of carbonyl (C=O) groups excluding carboxylic acids is 1. The molecule has 0 atom stereocenters. The van der Waals surface area contributed by atoms with Gasteiger partial charge in [-0.1, -0.05) is 24.3 Å². The molecule has 0 radical (unpaired) electrons. The minimum absolute atomic E-state index is 0.0570. The Morgan fingerprint density at radius 1 is 1.09 bits per heavy atom. The van der Waals surface area contributed by atoms with Crippen LogP contribution < -0.4 is 9.47 Å². The van der Waals surface area contributed by atoms with Crippen molar-refractivity contribution in [3.8, 4) is 11.5 Å². The highest BCUT2D eigenvalue weighted by Crippen LogP contribution is 2.35. The summed E-state index contributed by atoms with van der Waals surface area (Å²) in [7, 11) is 1.55. The summed E-state index contributed by atoms with van der Waals surface area (Å²) < 4.78 is 32.6. The van der Waals surface area contributed by atoms with Gasteiger partial charge in [0.2, 0.25) is 5.90 Å². The second-order valence-electron chi connectivity index (χ2n) is 6.77. The highest BCUT2D eigenvalue weighted by molar-refractivity contribution is 14.1. The molecule has 1 aliphatic heterocycles. The number of methoxy groups -OCH3 is 1. The SMILES string of the molecule is COc1cc(/C=C2\N=C(c3ccccc3F)OC2=O)cc(I)c1OCc1cccc(I)c1. The predicted octanol–water partition coefficient (Wildman–Crippen LogP) is 5.97. The summed E-state index contributed by atoms with van der Waals surface area (Å²) in [6, 6.07) is 17.7. The van der Waals surface area contributed by atoms with Crippen LogP contribution in [0.3, 0.4) is 0 Å². The lowest BCUT2D eigenvalue weighted by atomic mass is 10.1. The van der Waals surface area contributed by atoms with E-state index in [1.54, 1.807) is 31.4 Å². The van der Waals surface area contributed by atoms with Crippen molar-refractivity contribution in [2.45, 2.75) is 6.61 Å². The Balaban J connectivity index is 1.60. The van der Waals surface area contributed by atoms with Gasteiger partial charge in [-0.3, -0.25) is 0 Å². The fourth-order valence-corrected chi connectivity index (χ4v) is 4.45. The van der Waals surface area contributed by atoms with Crippen molar-refractivity contribution in [3.05, 3.63) is 96.0 Å². The van der Waals surface area contributed by atoms with E-state index in [4.69, 9.17) is 14.2 Å². The third kappa shape index (κ3) is 5.12. The van der Waals surface area contributed by atoms with Crippen molar-refractivity contribution in [2.24, 2.45) is 4.99 Å². The topological polar surface area (TPSA) is 57.1 Å². The molecule has 0 amide bonds. The average molecular weight is 655 g/mol. The number of hydrogen-bond acceptors (Lipinski definition) is 5. The average Bonchev–Trinajstić information content (AvgIpc) is 3.13. The molecule has 0 unspecified atom stereocenters. The van der Waals surface area contributed by atoms with Crippen LogP contribution in [0.5, 0.6) is 11.5 Å². The molecule has 5 nitrogen and oxygen atoms in total. The molecule has 1 aliphatic rings. The zero-order valence-electron chi connectivity index (χ0n) is 16.8. The number of aliphatic imine (C=N–C) groups is 1. The second kappa shape index (κ2) is 9.99. The van der Waals surface area contributed by atoms with Gasteiger partial charge in [0.1, 0.15) is 12.4 Å². The van der Waals surface area contributed by atoms with Crippen molar-refractivity contribution in [1.29, 1.82) is 0 Å². The normalized spacial score (nSPS) is 14.3. The van der Waals surface area contributed by atoms with Crippen LogP contribution in [0.15, 0.2) is 71.4 Å². The molecular formula is C24H16FI2NO4. The molecule has 0 spiro atoms. The molecule has 3 aromatic rings. The number of carbonyl (C=O) groups is 1. The van der Waals surface area contributed by atoms with Gasteiger partial charge < -0.3 is 14.2 Å². The van der Waals surface area contributed by atoms with Crippen LogP contribution >= 0.6 is 45.2 Å². The van der Waals surface area contributed by atoms with E-state index in [2.05, 4.69) is 56.2 Å². The van der Waals surface area contributed by atoms with Gasteiger partial charge in [0.25, 0.3) is 0 Å². The third-order valence-electron chi connectivity index (χ3n) is 4.55. The zero-order chi connectivity index (χ0) is 22.7. The number of rotatable bonds is 6. The molecule has 0 saturated carbocycles. The highest BCUT2D eigenvalue weighted by Gasteiger charge is 2.26. The van der Waals surface area contributed by atoms with E-state index in [-0.39, 0.29) is 17.2 Å². The summed E-state index contributed by atoms with van der Waals surface area (Å²) in [4.78, 5) is 16.5. The van der Waals surface area contributed by atoms with E-state index in [0.29, 0.717) is 23.7 Å². The lowest BCUT2D eigenvalue weighted by Gasteiger charge is -2.14. The van der Waals surface area contributed by atoms with Crippen LogP contribution in [-0.4, -0.2) is 19.0 Å². The standard InChI is InChI=1S/C24H16FI2NO4/c1-30-21-12-15(10-19(27)22(21)31-13-14-5-4-6-16(26)9-14)11-20-24(29)32-23(28-20)17-7-2-3-8-18(17)25/h2-12H,13H2,1H3/b20-11-. The van der Waals surface area contributed by atoms with E-state index in [0.717, 1.165) is 12.7 Å². The quantitative estimate of drug-likeness (QED) is 0.187. The maximum Gasteiger partial charge on any atom is 0.363 e. The number of ether oxygens (including phenoxy) is 3. The van der Waals surface area contributed by atoms with E-state index in [9.17, 15) is 9.18 Å². The summed E-state index contributed by atoms with van der Waals surface area (Å²) >= 11 is 4.42. The highest BCUT2D eigenvalue weighted by atomic mass is 127. The van der Waals surface area contributed by atoms with Gasteiger partial charge in [-0.15, -0.1) is 0 Å². The Bertz CT molecular complexity index is 1260. The minimum atomic E-state index is -0.642. The zero-order valence-corrected chi connectivity index (χ0v) is 21.1. The van der Waals surface area contributed by atoms with E-state index in [1.165, 1.54) is 12.1 Å². The number of benzene rings is 3. The third-order valence-corrected chi connectivity index (χ3v) is 6.02. The predicted molar refractivity (Wildman–Crippen MR) is 136 cm³/mol. The molecule has 8 heteroatoms. The Morgan fingerprint density at radius 2 is 1.91 bits per heavy atom. The lowest BCUT2D eigenvalue weighted by Crippen LogP contribution is -2.07. The van der Waals surface area contributed by atoms with Gasteiger partial charge in [0.15, 0.2) is 17.2 Å². The van der Waals surface area contributed by atoms with Gasteiger partial charge in [-0.05, 0) is 98.8 Å². The van der Waals surface area contributed by atoms with Crippen LogP contribution in [0.2, 0.25) is 0 Å². The molecule has 162 valence electrons. The fourth-order valence-electron chi connectivity index (χ4n) is 3.06. The first kappa shape index (κ1) is 22.7. The molecule has 4 rings (SSSR count). The first-order chi connectivity index (χ1) is 15.4. The van der Waals surface area contributed by atoms with E-state index >= 15 is 0 Å². The van der Waals surface area contributed by atoms with Crippen molar-refractivity contribution in [3.63, 3.8) is 0 Å². The number of nitrogens with zero attached hydrogens (tertiary/aromatic N) is 1. The van der Waals surface area contributed by atoms with Gasteiger partial charge in [-0.25, -0.2) is 14.2 Å². The maximum absolute atomic E-state index is 14.0. The van der Waals surface area contributed by atoms with Crippen LogP contribution in [0, 0.1) is 13.0 Å². The van der Waals surface area contributed by atoms with Crippen molar-refractivity contribution in [2.75, 3.05) is 7.11 Å². The summed E-state index contributed by atoms with van der Waals surface area (Å²) in [5, 5.41) is 0. The molecule has 0 aromatic heterocycles. The Hall–Kier alpha value is -2.47. The molecule has 0 fully saturated rings. The number of cyclic esters (lactones) is 1. The lowest BCUT2D eigenvalue weighted by molar-refractivity contribution is -0.129. The monoisotopic (exact) mass is 655 g/mol. The van der Waals surface area contributed by atoms with Crippen molar-refractivity contribution >= 4 is 63.1 Å². The van der Waals surface area contributed by atoms with Crippen molar-refractivity contribution in [1.82, 2.24) is 0 Å². The number of hydrogen-bond donors (Lipinski definition) is 0. The molecule has 0 bridgehead atoms. The largest absolute Gasteiger partial charge is 0.493 e. The second-order valence-corrected chi connectivity index (χ2v) is 9.18. The summed E-state index contributed by atoms with van der Waals surface area (Å²) in [6.07, 6.45) is 1.57. The van der Waals surface area contributed by atoms with Gasteiger partial charge in [0, 0.05) is 3.57 Å². The Kier molecular flexibility index (Phi) is 7.09. The van der Waals surface area contributed by atoms with Crippen LogP contribution in [0.1, 0.15) is 16.7 Å². The number of esters is 1. The molecule has 0 N–H and O–H groups in total. The Morgan fingerprint density at radius 3 is 2.66 bits per heavy atom. The van der Waals surface area contributed by atoms with Crippen LogP contribution in [-0.2, 0) is 16.1 Å². The first-order valence-corrected chi connectivity index (χ1v) is 11.6. The molecule has 1 heterocycles. The summed E-state index contributed by atoms with van der Waals surface area (Å²) in [5.41, 5.74) is 1.94. The number of halogens is 3. The van der Waals surface area contributed by atoms with E-state index < -0.39 is 11.8 Å². The van der Waals surface area contributed by atoms with Gasteiger partial charge in [-0.2, -0.15) is 0 Å². The first-order valence-electron chi connectivity index (χ1n) is 9.47. The van der Waals surface area contributed by atoms with E-state index in [1.807, 2.05) is 24.3 Å². The summed E-state index contributed by atoms with van der Waals surface area (Å²) in [5.74, 6) is -0.0708. The van der Waals surface area contributed by atoms with Gasteiger partial charge >= 0.3 is 5.97 Å². The Labute approximate surface area is 211 Å². The molecular weight excluding hydrogens is 639 g/mol. The van der Waals surface area contributed by atoms with Crippen molar-refractivity contribution < 1.29 is 23.4 Å². The molecule has 0 aliphatic carbocycles. The smallest absolute Gasteiger partial charge is 0.363 e. The molecule has 32 heavy (non-hydrogen) atoms. The van der Waals surface area contributed by atoms with Crippen LogP contribution in [0.25, 0.3) is 6.08 Å². The molecule has 0 saturated heterocycles. The summed E-state index contributed by atoms with van der Waals surface area (Å²) in [6.45, 7) is 0.395. The maximum atomic E-state index is 14.0.